The molecule has 3 aromatic carbocycles. The highest BCUT2D eigenvalue weighted by molar-refractivity contribution is 6.28. The predicted octanol–water partition coefficient (Wildman–Crippen LogP) is 4.27. The maximum absolute atomic E-state index is 13.4. The molecule has 0 spiro atoms. The van der Waals surface area contributed by atoms with E-state index in [0.29, 0.717) is 5.56 Å². The molecule has 1 fully saturated rings. The minimum Gasteiger partial charge on any atom is -0.459 e. The fourth-order valence-electron chi connectivity index (χ4n) is 4.78. The highest BCUT2D eigenvalue weighted by Gasteiger charge is 2.52. The van der Waals surface area contributed by atoms with Gasteiger partial charge in [0.2, 0.25) is 5.28 Å². The number of halogens is 1. The third kappa shape index (κ3) is 5.93. The van der Waals surface area contributed by atoms with E-state index in [-0.39, 0.29) is 40.0 Å². The summed E-state index contributed by atoms with van der Waals surface area (Å²) in [5.74, 6) is -2.01. The van der Waals surface area contributed by atoms with E-state index in [0.717, 1.165) is 0 Å². The summed E-state index contributed by atoms with van der Waals surface area (Å²) in [6.45, 7) is -0.346. The minimum absolute atomic E-state index is 0.0231. The zero-order valence-corrected chi connectivity index (χ0v) is 23.6. The zero-order valence-electron chi connectivity index (χ0n) is 22.9. The number of nitrogens with two attached hydrogens (primary N) is 1. The van der Waals surface area contributed by atoms with Crippen LogP contribution in [0.5, 0.6) is 0 Å². The van der Waals surface area contributed by atoms with Gasteiger partial charge in [-0.25, -0.2) is 19.4 Å². The number of hydrogen-bond donors (Lipinski definition) is 1. The molecule has 0 bridgehead atoms. The van der Waals surface area contributed by atoms with Crippen molar-refractivity contribution in [1.82, 2.24) is 19.5 Å². The molecule has 3 heterocycles. The summed E-state index contributed by atoms with van der Waals surface area (Å²) in [5, 5.41) is -0.145. The molecule has 4 atom stereocenters. The van der Waals surface area contributed by atoms with Crippen molar-refractivity contribution in [1.29, 1.82) is 0 Å². The molecule has 0 saturated carbocycles. The quantitative estimate of drug-likeness (QED) is 0.151. The van der Waals surface area contributed by atoms with Crippen LogP contribution in [-0.4, -0.2) is 62.3 Å². The smallest absolute Gasteiger partial charge is 0.338 e. The summed E-state index contributed by atoms with van der Waals surface area (Å²) in [6.07, 6.45) is -3.37. The lowest BCUT2D eigenvalue weighted by Gasteiger charge is -2.25. The summed E-state index contributed by atoms with van der Waals surface area (Å²) in [7, 11) is 0. The van der Waals surface area contributed by atoms with Gasteiger partial charge in [-0.2, -0.15) is 9.97 Å². The topological polar surface area (TPSA) is 158 Å². The number of fused-ring (bicyclic) bond motifs is 1. The number of nitrogens with zero attached hydrogens (tertiary/aromatic N) is 4. The Morgan fingerprint density at radius 3 is 1.86 bits per heavy atom. The van der Waals surface area contributed by atoms with Gasteiger partial charge in [-0.15, -0.1) is 0 Å². The lowest BCUT2D eigenvalue weighted by Crippen LogP contribution is -2.41. The van der Waals surface area contributed by atoms with Crippen LogP contribution in [0, 0.1) is 0 Å². The van der Waals surface area contributed by atoms with E-state index in [1.54, 1.807) is 91.0 Å². The highest BCUT2D eigenvalue weighted by atomic mass is 35.5. The normalized spacial score (nSPS) is 19.4. The third-order valence-electron chi connectivity index (χ3n) is 6.87. The number of carbonyl (C=O) groups is 3. The molecule has 2 aromatic heterocycles. The summed E-state index contributed by atoms with van der Waals surface area (Å²) in [5.41, 5.74) is 7.25. The van der Waals surface area contributed by atoms with Gasteiger partial charge in [-0.3, -0.25) is 4.57 Å². The number of ether oxygens (including phenoxy) is 4. The molecular formula is C31H24ClN5O7. The fourth-order valence-corrected chi connectivity index (χ4v) is 4.95. The Labute approximate surface area is 255 Å². The molecule has 1 aliphatic rings. The summed E-state index contributed by atoms with van der Waals surface area (Å²) in [4.78, 5) is 51.9. The number of aromatic nitrogens is 4. The van der Waals surface area contributed by atoms with Crippen LogP contribution in [0.25, 0.3) is 11.2 Å². The Bertz CT molecular complexity index is 1800. The van der Waals surface area contributed by atoms with Crippen LogP contribution in [-0.2, 0) is 18.9 Å². The van der Waals surface area contributed by atoms with Crippen molar-refractivity contribution in [3.8, 4) is 0 Å². The molecule has 2 N–H and O–H groups in total. The van der Waals surface area contributed by atoms with E-state index in [2.05, 4.69) is 15.0 Å². The van der Waals surface area contributed by atoms with Crippen molar-refractivity contribution in [2.24, 2.45) is 0 Å². The van der Waals surface area contributed by atoms with E-state index >= 15 is 0 Å². The second kappa shape index (κ2) is 12.5. The number of benzene rings is 3. The number of nitrogen functional groups attached to an aromatic ring is 1. The van der Waals surface area contributed by atoms with E-state index in [9.17, 15) is 14.4 Å². The molecule has 0 amide bonds. The SMILES string of the molecule is Nc1nc(Cl)nc2c1ncn2[C@@H]1O[C@H](COC(=O)c2ccccc2)[C@@H](OC(=O)c2ccccc2)[C@@H]1OC(=O)c1ccccc1. The number of rotatable bonds is 8. The van der Waals surface area contributed by atoms with Crippen LogP contribution in [0.4, 0.5) is 5.82 Å². The Kier molecular flexibility index (Phi) is 8.17. The third-order valence-corrected chi connectivity index (χ3v) is 7.04. The maximum Gasteiger partial charge on any atom is 0.338 e. The molecule has 1 saturated heterocycles. The standard InChI is InChI=1S/C31H24ClN5O7/c32-31-35-25(33)22-26(36-31)37(17-34-22)27-24(44-30(40)20-14-8-3-9-15-20)23(43-29(39)19-12-6-2-7-13-19)21(42-27)16-41-28(38)18-10-4-1-5-11-18/h1-15,17,21,23-24,27H,16H2,(H2,33,35,36)/t21-,23-,24+,27-/m1/s1. The molecule has 44 heavy (non-hydrogen) atoms. The van der Waals surface area contributed by atoms with Crippen LogP contribution in [0.3, 0.4) is 0 Å². The van der Waals surface area contributed by atoms with E-state index < -0.39 is 42.4 Å². The molecular weight excluding hydrogens is 590 g/mol. The highest BCUT2D eigenvalue weighted by Crippen LogP contribution is 2.37. The molecule has 5 aromatic rings. The van der Waals surface area contributed by atoms with Crippen LogP contribution >= 0.6 is 11.6 Å². The van der Waals surface area contributed by atoms with Crippen LogP contribution in [0.2, 0.25) is 5.28 Å². The molecule has 13 heteroatoms. The number of hydrogen-bond acceptors (Lipinski definition) is 11. The second-order valence-corrected chi connectivity index (χ2v) is 10.0. The fraction of sp³-hybridized carbons (Fsp3) is 0.161. The first kappa shape index (κ1) is 28.8. The summed E-state index contributed by atoms with van der Waals surface area (Å²) < 4.78 is 25.3. The number of carbonyl (C=O) groups excluding carboxylic acids is 3. The first-order chi connectivity index (χ1) is 21.4. The largest absolute Gasteiger partial charge is 0.459 e. The maximum atomic E-state index is 13.4. The van der Waals surface area contributed by atoms with Gasteiger partial charge in [-0.05, 0) is 48.0 Å². The Morgan fingerprint density at radius 1 is 0.773 bits per heavy atom. The van der Waals surface area contributed by atoms with Gasteiger partial charge in [0.15, 0.2) is 29.9 Å². The van der Waals surface area contributed by atoms with Crippen molar-refractivity contribution in [2.45, 2.75) is 24.5 Å². The Balaban J connectivity index is 1.39. The average molecular weight is 614 g/mol. The van der Waals surface area contributed by atoms with Crippen molar-refractivity contribution >= 4 is 46.5 Å². The number of anilines is 1. The average Bonchev–Trinajstić information content (AvgIpc) is 3.62. The van der Waals surface area contributed by atoms with Gasteiger partial charge in [-0.1, -0.05) is 54.6 Å². The first-order valence-corrected chi connectivity index (χ1v) is 13.8. The lowest BCUT2D eigenvalue weighted by molar-refractivity contribution is -0.0606. The van der Waals surface area contributed by atoms with Crippen LogP contribution in [0.1, 0.15) is 37.3 Å². The Hall–Kier alpha value is -5.33. The molecule has 12 nitrogen and oxygen atoms in total. The monoisotopic (exact) mass is 613 g/mol. The number of imidazole rings is 1. The van der Waals surface area contributed by atoms with Crippen molar-refractivity contribution in [3.63, 3.8) is 0 Å². The molecule has 1 aliphatic heterocycles. The van der Waals surface area contributed by atoms with Gasteiger partial charge in [0.1, 0.15) is 18.2 Å². The van der Waals surface area contributed by atoms with Gasteiger partial charge in [0.05, 0.1) is 23.0 Å². The molecule has 0 radical (unpaired) electrons. The van der Waals surface area contributed by atoms with Crippen molar-refractivity contribution in [2.75, 3.05) is 12.3 Å². The summed E-state index contributed by atoms with van der Waals surface area (Å²) >= 11 is 6.10. The van der Waals surface area contributed by atoms with Gasteiger partial charge < -0.3 is 24.7 Å². The number of esters is 3. The van der Waals surface area contributed by atoms with Gasteiger partial charge in [0, 0.05) is 0 Å². The molecule has 222 valence electrons. The van der Waals surface area contributed by atoms with Crippen LogP contribution in [0.15, 0.2) is 97.3 Å². The zero-order chi connectivity index (χ0) is 30.6. The first-order valence-electron chi connectivity index (χ1n) is 13.4. The molecule has 0 aliphatic carbocycles. The summed E-state index contributed by atoms with van der Waals surface area (Å²) in [6, 6.07) is 24.9. The predicted molar refractivity (Wildman–Crippen MR) is 157 cm³/mol. The van der Waals surface area contributed by atoms with E-state index in [1.165, 1.54) is 10.9 Å². The molecule has 6 rings (SSSR count). The minimum atomic E-state index is -1.26. The van der Waals surface area contributed by atoms with Crippen LogP contribution < -0.4 is 5.73 Å². The van der Waals surface area contributed by atoms with E-state index in [1.807, 2.05) is 0 Å². The van der Waals surface area contributed by atoms with Gasteiger partial charge >= 0.3 is 17.9 Å². The lowest BCUT2D eigenvalue weighted by atomic mass is 10.1. The Morgan fingerprint density at radius 2 is 1.30 bits per heavy atom. The van der Waals surface area contributed by atoms with Gasteiger partial charge in [0.25, 0.3) is 0 Å². The van der Waals surface area contributed by atoms with Crippen molar-refractivity contribution in [3.05, 3.63) is 119 Å². The molecule has 0 unspecified atom stereocenters. The van der Waals surface area contributed by atoms with Crippen molar-refractivity contribution < 1.29 is 33.3 Å². The second-order valence-electron chi connectivity index (χ2n) is 9.70. The van der Waals surface area contributed by atoms with E-state index in [4.69, 9.17) is 36.3 Å².